The molecule has 8 nitrogen and oxygen atoms in total. The van der Waals surface area contributed by atoms with Crippen LogP contribution in [0.3, 0.4) is 0 Å². The van der Waals surface area contributed by atoms with Crippen molar-refractivity contribution < 1.29 is 28.2 Å². The SMILES string of the molecule is CC(F)(F)COC1CN(C(=O)O)CCC1NC(=O)c1ncc[nH]1. The van der Waals surface area contributed by atoms with Gasteiger partial charge in [0, 0.05) is 25.9 Å². The average Bonchev–Trinajstić information content (AvgIpc) is 2.99. The van der Waals surface area contributed by atoms with Gasteiger partial charge in [0.15, 0.2) is 5.82 Å². The standard InChI is InChI=1S/C13H18F2N4O4/c1-13(14,15)7-23-9-6-19(12(21)22)5-2-8(9)18-11(20)10-16-3-4-17-10/h3-4,8-9H,2,5-7H2,1H3,(H,16,17)(H,18,20)(H,21,22). The van der Waals surface area contributed by atoms with Crippen molar-refractivity contribution in [2.45, 2.75) is 31.4 Å². The van der Waals surface area contributed by atoms with Gasteiger partial charge >= 0.3 is 6.09 Å². The second kappa shape index (κ2) is 6.90. The molecule has 0 radical (unpaired) electrons. The molecule has 2 unspecified atom stereocenters. The van der Waals surface area contributed by atoms with E-state index in [0.29, 0.717) is 6.92 Å². The number of carbonyl (C=O) groups excluding carboxylic acids is 1. The van der Waals surface area contributed by atoms with Crippen molar-refractivity contribution in [1.29, 1.82) is 0 Å². The van der Waals surface area contributed by atoms with Gasteiger partial charge in [-0.05, 0) is 6.42 Å². The molecule has 3 N–H and O–H groups in total. The van der Waals surface area contributed by atoms with Crippen molar-refractivity contribution in [3.63, 3.8) is 0 Å². The Kier molecular flexibility index (Phi) is 5.14. The number of likely N-dealkylation sites (tertiary alicyclic amines) is 1. The lowest BCUT2D eigenvalue weighted by Gasteiger charge is -2.37. The number of H-pyrrole nitrogens is 1. The maximum Gasteiger partial charge on any atom is 0.407 e. The van der Waals surface area contributed by atoms with Crippen LogP contribution in [0, 0.1) is 0 Å². The van der Waals surface area contributed by atoms with E-state index in [2.05, 4.69) is 15.3 Å². The maximum atomic E-state index is 13.0. The third kappa shape index (κ3) is 4.88. The quantitative estimate of drug-likeness (QED) is 0.743. The molecule has 1 saturated heterocycles. The van der Waals surface area contributed by atoms with E-state index < -0.39 is 36.7 Å². The molecule has 1 aliphatic heterocycles. The van der Waals surface area contributed by atoms with Crippen molar-refractivity contribution in [2.24, 2.45) is 0 Å². The highest BCUT2D eigenvalue weighted by Gasteiger charge is 2.35. The molecule has 1 aromatic heterocycles. The van der Waals surface area contributed by atoms with Gasteiger partial charge in [0.2, 0.25) is 0 Å². The van der Waals surface area contributed by atoms with Gasteiger partial charge in [0.25, 0.3) is 11.8 Å². The second-order valence-corrected chi connectivity index (χ2v) is 5.45. The molecule has 128 valence electrons. The molecule has 2 heterocycles. The molecule has 0 bridgehead atoms. The molecular weight excluding hydrogens is 314 g/mol. The Morgan fingerprint density at radius 3 is 2.91 bits per heavy atom. The third-order valence-corrected chi connectivity index (χ3v) is 3.41. The number of carbonyl (C=O) groups is 2. The molecule has 0 aromatic carbocycles. The Bertz CT molecular complexity index is 547. The number of alkyl halides is 2. The fourth-order valence-electron chi connectivity index (χ4n) is 2.30. The third-order valence-electron chi connectivity index (χ3n) is 3.41. The van der Waals surface area contributed by atoms with Crippen LogP contribution in [-0.4, -0.2) is 69.7 Å². The van der Waals surface area contributed by atoms with Crippen molar-refractivity contribution in [2.75, 3.05) is 19.7 Å². The minimum atomic E-state index is -3.04. The van der Waals surface area contributed by atoms with Gasteiger partial charge in [-0.15, -0.1) is 0 Å². The summed E-state index contributed by atoms with van der Waals surface area (Å²) >= 11 is 0. The zero-order valence-electron chi connectivity index (χ0n) is 12.5. The monoisotopic (exact) mass is 332 g/mol. The van der Waals surface area contributed by atoms with Crippen molar-refractivity contribution in [1.82, 2.24) is 20.2 Å². The number of halogens is 2. The number of carboxylic acid groups (broad SMARTS) is 1. The first-order valence-corrected chi connectivity index (χ1v) is 7.04. The smallest absolute Gasteiger partial charge is 0.407 e. The summed E-state index contributed by atoms with van der Waals surface area (Å²) in [4.78, 5) is 30.5. The Morgan fingerprint density at radius 2 is 2.35 bits per heavy atom. The number of piperidine rings is 1. The number of hydrogen-bond donors (Lipinski definition) is 3. The predicted octanol–water partition coefficient (Wildman–Crippen LogP) is 0.932. The van der Waals surface area contributed by atoms with Crippen LogP contribution in [0.15, 0.2) is 12.4 Å². The van der Waals surface area contributed by atoms with Gasteiger partial charge in [-0.3, -0.25) is 4.79 Å². The highest BCUT2D eigenvalue weighted by Crippen LogP contribution is 2.19. The topological polar surface area (TPSA) is 108 Å². The first-order valence-electron chi connectivity index (χ1n) is 7.04. The molecule has 2 rings (SSSR count). The normalized spacial score (nSPS) is 22.0. The minimum absolute atomic E-state index is 0.0882. The summed E-state index contributed by atoms with van der Waals surface area (Å²) in [7, 11) is 0. The summed E-state index contributed by atoms with van der Waals surface area (Å²) in [6, 6.07) is -0.578. The largest absolute Gasteiger partial charge is 0.465 e. The Morgan fingerprint density at radius 1 is 1.61 bits per heavy atom. The summed E-state index contributed by atoms with van der Waals surface area (Å²) in [5.74, 6) is -3.45. The first-order chi connectivity index (χ1) is 10.8. The Hall–Kier alpha value is -2.23. The van der Waals surface area contributed by atoms with E-state index in [1.807, 2.05) is 0 Å². The highest BCUT2D eigenvalue weighted by atomic mass is 19.3. The highest BCUT2D eigenvalue weighted by molar-refractivity contribution is 5.90. The molecule has 1 aromatic rings. The van der Waals surface area contributed by atoms with E-state index in [4.69, 9.17) is 9.84 Å². The second-order valence-electron chi connectivity index (χ2n) is 5.45. The fourth-order valence-corrected chi connectivity index (χ4v) is 2.30. The summed E-state index contributed by atoms with van der Waals surface area (Å²) in [5.41, 5.74) is 0. The molecule has 0 spiro atoms. The van der Waals surface area contributed by atoms with Gasteiger partial charge in [-0.25, -0.2) is 18.6 Å². The molecule has 0 aliphatic carbocycles. The summed E-state index contributed by atoms with van der Waals surface area (Å²) in [6.45, 7) is -0.0468. The van der Waals surface area contributed by atoms with Crippen LogP contribution in [0.2, 0.25) is 0 Å². The predicted molar refractivity (Wildman–Crippen MR) is 74.4 cm³/mol. The lowest BCUT2D eigenvalue weighted by atomic mass is 10.0. The van der Waals surface area contributed by atoms with Crippen LogP contribution < -0.4 is 5.32 Å². The molecular formula is C13H18F2N4O4. The fraction of sp³-hybridized carbons (Fsp3) is 0.615. The zero-order chi connectivity index (χ0) is 17.0. The minimum Gasteiger partial charge on any atom is -0.465 e. The average molecular weight is 332 g/mol. The van der Waals surface area contributed by atoms with Gasteiger partial charge in [-0.1, -0.05) is 0 Å². The van der Waals surface area contributed by atoms with Gasteiger partial charge in [0.1, 0.15) is 6.61 Å². The number of amides is 2. The van der Waals surface area contributed by atoms with Crippen LogP contribution in [0.4, 0.5) is 13.6 Å². The Balaban J connectivity index is 2.02. The number of aromatic amines is 1. The van der Waals surface area contributed by atoms with E-state index >= 15 is 0 Å². The van der Waals surface area contributed by atoms with E-state index in [9.17, 15) is 18.4 Å². The van der Waals surface area contributed by atoms with Crippen LogP contribution in [0.5, 0.6) is 0 Å². The molecule has 23 heavy (non-hydrogen) atoms. The number of nitrogens with one attached hydrogen (secondary N) is 2. The van der Waals surface area contributed by atoms with Crippen LogP contribution in [-0.2, 0) is 4.74 Å². The van der Waals surface area contributed by atoms with Crippen LogP contribution in [0.1, 0.15) is 24.0 Å². The maximum absolute atomic E-state index is 13.0. The molecule has 2 amide bonds. The molecule has 10 heteroatoms. The molecule has 1 aliphatic rings. The zero-order valence-corrected chi connectivity index (χ0v) is 12.5. The van der Waals surface area contributed by atoms with Gasteiger partial charge in [-0.2, -0.15) is 0 Å². The molecule has 0 saturated carbocycles. The van der Waals surface area contributed by atoms with Gasteiger partial charge in [0.05, 0.1) is 18.7 Å². The molecule has 2 atom stereocenters. The number of hydrogen-bond acceptors (Lipinski definition) is 4. The van der Waals surface area contributed by atoms with Crippen molar-refractivity contribution in [3.05, 3.63) is 18.2 Å². The first kappa shape index (κ1) is 17.1. The van der Waals surface area contributed by atoms with E-state index in [-0.39, 0.29) is 25.3 Å². The van der Waals surface area contributed by atoms with Crippen molar-refractivity contribution >= 4 is 12.0 Å². The number of aromatic nitrogens is 2. The van der Waals surface area contributed by atoms with E-state index in [1.165, 1.54) is 12.4 Å². The number of nitrogens with zero attached hydrogens (tertiary/aromatic N) is 2. The van der Waals surface area contributed by atoms with E-state index in [1.54, 1.807) is 0 Å². The van der Waals surface area contributed by atoms with Gasteiger partial charge < -0.3 is 25.0 Å². The number of rotatable bonds is 5. The summed E-state index contributed by atoms with van der Waals surface area (Å²) < 4.78 is 31.1. The molecule has 1 fully saturated rings. The number of ether oxygens (including phenoxy) is 1. The van der Waals surface area contributed by atoms with Crippen LogP contribution >= 0.6 is 0 Å². The van der Waals surface area contributed by atoms with Crippen molar-refractivity contribution in [3.8, 4) is 0 Å². The summed E-state index contributed by atoms with van der Waals surface area (Å²) in [6.07, 6.45) is 1.14. The van der Waals surface area contributed by atoms with E-state index in [0.717, 1.165) is 4.90 Å². The number of imidazole rings is 1. The lowest BCUT2D eigenvalue weighted by Crippen LogP contribution is -2.56. The Labute approximate surface area is 130 Å². The lowest BCUT2D eigenvalue weighted by molar-refractivity contribution is -0.105. The summed E-state index contributed by atoms with van der Waals surface area (Å²) in [5, 5.41) is 11.7. The van der Waals surface area contributed by atoms with Crippen LogP contribution in [0.25, 0.3) is 0 Å².